The molecule has 1 aliphatic carbocycles. The molecule has 30 heavy (non-hydrogen) atoms. The maximum Gasteiger partial charge on any atom is 0.237 e. The summed E-state index contributed by atoms with van der Waals surface area (Å²) in [7, 11) is 0. The maximum atomic E-state index is 12.5. The molecule has 0 radical (unpaired) electrons. The Balaban J connectivity index is 1.83. The van der Waals surface area contributed by atoms with Crippen molar-refractivity contribution in [1.29, 1.82) is 0 Å². The summed E-state index contributed by atoms with van der Waals surface area (Å²) in [5.74, 6) is 4.44. The van der Waals surface area contributed by atoms with Crippen LogP contribution in [0.5, 0.6) is 0 Å². The van der Waals surface area contributed by atoms with Crippen LogP contribution in [0.25, 0.3) is 0 Å². The number of terminal acetylenes is 1. The lowest BCUT2D eigenvalue weighted by molar-refractivity contribution is -0.126. The molecular formula is C23H30N6O. The Hall–Kier alpha value is -3.14. The van der Waals surface area contributed by atoms with Crippen LogP contribution in [0.4, 0.5) is 11.9 Å². The van der Waals surface area contributed by atoms with Gasteiger partial charge < -0.3 is 16.4 Å². The molecule has 4 N–H and O–H groups in total. The van der Waals surface area contributed by atoms with Crippen LogP contribution in [0.15, 0.2) is 24.3 Å². The Morgan fingerprint density at radius 3 is 2.40 bits per heavy atom. The van der Waals surface area contributed by atoms with Gasteiger partial charge >= 0.3 is 0 Å². The van der Waals surface area contributed by atoms with Crippen molar-refractivity contribution in [2.24, 2.45) is 5.41 Å². The van der Waals surface area contributed by atoms with Gasteiger partial charge in [0.05, 0.1) is 6.04 Å². The highest BCUT2D eigenvalue weighted by molar-refractivity contribution is 5.84. The summed E-state index contributed by atoms with van der Waals surface area (Å²) in [6.45, 7) is 8.07. The first-order valence-corrected chi connectivity index (χ1v) is 10.3. The van der Waals surface area contributed by atoms with Crippen molar-refractivity contribution in [1.82, 2.24) is 20.3 Å². The number of hydrogen-bond donors (Lipinski definition) is 3. The van der Waals surface area contributed by atoms with E-state index in [1.54, 1.807) is 13.8 Å². The van der Waals surface area contributed by atoms with E-state index in [2.05, 4.69) is 69.6 Å². The van der Waals surface area contributed by atoms with Gasteiger partial charge in [-0.05, 0) is 43.7 Å². The summed E-state index contributed by atoms with van der Waals surface area (Å²) in [5.41, 5.74) is 7.26. The molecule has 1 heterocycles. The molecule has 2 aromatic rings. The minimum Gasteiger partial charge on any atom is -0.368 e. The number of nitrogens with zero attached hydrogens (tertiary/aromatic N) is 3. The number of nitrogens with one attached hydrogen (secondary N) is 2. The lowest BCUT2D eigenvalue weighted by Gasteiger charge is -2.23. The quantitative estimate of drug-likeness (QED) is 0.580. The number of benzene rings is 1. The highest BCUT2D eigenvalue weighted by Gasteiger charge is 2.29. The highest BCUT2D eigenvalue weighted by atomic mass is 16.2. The number of carbonyl (C=O) groups excluding carboxylic acids is 1. The molecule has 1 aliphatic rings. The summed E-state index contributed by atoms with van der Waals surface area (Å²) < 4.78 is 0. The zero-order chi connectivity index (χ0) is 21.9. The minimum atomic E-state index is -0.886. The predicted molar refractivity (Wildman–Crippen MR) is 119 cm³/mol. The third-order valence-electron chi connectivity index (χ3n) is 5.32. The Morgan fingerprint density at radius 2 is 1.83 bits per heavy atom. The SMILES string of the molecule is C#CC(C)(C)C(=O)NCC(Nc1nc(N)nc(C2CC2)n1)c1ccc(C(C)C)cc1. The van der Waals surface area contributed by atoms with Gasteiger partial charge in [0, 0.05) is 12.5 Å². The van der Waals surface area contributed by atoms with E-state index in [1.165, 1.54) is 5.56 Å². The number of nitrogens with two attached hydrogens (primary N) is 1. The van der Waals surface area contributed by atoms with Gasteiger partial charge in [-0.2, -0.15) is 15.0 Å². The Morgan fingerprint density at radius 1 is 1.20 bits per heavy atom. The number of carbonyl (C=O) groups is 1. The molecular weight excluding hydrogens is 376 g/mol. The molecule has 1 atom stereocenters. The van der Waals surface area contributed by atoms with E-state index in [4.69, 9.17) is 12.2 Å². The second-order valence-corrected chi connectivity index (χ2v) is 8.65. The van der Waals surface area contributed by atoms with E-state index in [9.17, 15) is 4.79 Å². The van der Waals surface area contributed by atoms with Crippen molar-refractivity contribution < 1.29 is 4.79 Å². The monoisotopic (exact) mass is 406 g/mol. The number of anilines is 2. The lowest BCUT2D eigenvalue weighted by Crippen LogP contribution is -2.39. The van der Waals surface area contributed by atoms with Gasteiger partial charge in [-0.3, -0.25) is 4.79 Å². The van der Waals surface area contributed by atoms with E-state index in [0.717, 1.165) is 24.2 Å². The topological polar surface area (TPSA) is 106 Å². The largest absolute Gasteiger partial charge is 0.368 e. The molecule has 0 aliphatic heterocycles. The van der Waals surface area contributed by atoms with Crippen molar-refractivity contribution in [3.05, 3.63) is 41.2 Å². The van der Waals surface area contributed by atoms with E-state index in [1.807, 2.05) is 0 Å². The molecule has 0 spiro atoms. The van der Waals surface area contributed by atoms with Crippen molar-refractivity contribution in [3.63, 3.8) is 0 Å². The fraction of sp³-hybridized carbons (Fsp3) is 0.478. The summed E-state index contributed by atoms with van der Waals surface area (Å²) in [6.07, 6.45) is 7.63. The van der Waals surface area contributed by atoms with Gasteiger partial charge in [0.1, 0.15) is 11.2 Å². The molecule has 1 saturated carbocycles. The molecule has 158 valence electrons. The minimum absolute atomic E-state index is 0.195. The molecule has 1 aromatic carbocycles. The molecule has 1 aromatic heterocycles. The smallest absolute Gasteiger partial charge is 0.237 e. The van der Waals surface area contributed by atoms with Gasteiger partial charge in [0.25, 0.3) is 0 Å². The van der Waals surface area contributed by atoms with Crippen molar-refractivity contribution in [3.8, 4) is 12.3 Å². The molecule has 7 heteroatoms. The van der Waals surface area contributed by atoms with E-state index in [0.29, 0.717) is 24.3 Å². The van der Waals surface area contributed by atoms with Crippen LogP contribution in [0.3, 0.4) is 0 Å². The lowest BCUT2D eigenvalue weighted by atomic mass is 9.93. The third kappa shape index (κ3) is 5.26. The van der Waals surface area contributed by atoms with Crippen LogP contribution in [0.2, 0.25) is 0 Å². The molecule has 1 amide bonds. The van der Waals surface area contributed by atoms with E-state index >= 15 is 0 Å². The average molecular weight is 407 g/mol. The number of aromatic nitrogens is 3. The zero-order valence-electron chi connectivity index (χ0n) is 18.1. The second-order valence-electron chi connectivity index (χ2n) is 8.65. The van der Waals surface area contributed by atoms with Gasteiger partial charge in [0.15, 0.2) is 0 Å². The van der Waals surface area contributed by atoms with Crippen molar-refractivity contribution >= 4 is 17.8 Å². The molecule has 1 unspecified atom stereocenters. The fourth-order valence-electron chi connectivity index (χ4n) is 3.00. The Kier molecular flexibility index (Phi) is 6.25. The first-order valence-electron chi connectivity index (χ1n) is 10.3. The van der Waals surface area contributed by atoms with Crippen LogP contribution >= 0.6 is 0 Å². The summed E-state index contributed by atoms with van der Waals surface area (Å²) in [6, 6.07) is 8.05. The first kappa shape index (κ1) is 21.6. The first-order chi connectivity index (χ1) is 14.2. The normalized spacial score (nSPS) is 14.8. The third-order valence-corrected chi connectivity index (χ3v) is 5.32. The summed E-state index contributed by atoms with van der Waals surface area (Å²) >= 11 is 0. The number of nitrogen functional groups attached to an aromatic ring is 1. The van der Waals surface area contributed by atoms with Crippen LogP contribution < -0.4 is 16.4 Å². The van der Waals surface area contributed by atoms with Crippen molar-refractivity contribution in [2.45, 2.75) is 58.4 Å². The zero-order valence-corrected chi connectivity index (χ0v) is 18.1. The van der Waals surface area contributed by atoms with Gasteiger partial charge in [-0.1, -0.05) is 44.0 Å². The molecule has 7 nitrogen and oxygen atoms in total. The second kappa shape index (κ2) is 8.70. The van der Waals surface area contributed by atoms with E-state index < -0.39 is 5.41 Å². The van der Waals surface area contributed by atoms with Crippen LogP contribution in [-0.2, 0) is 4.79 Å². The number of amides is 1. The standard InChI is InChI=1S/C23H30N6O/c1-6-23(4,5)20(30)25-13-18(16-9-7-15(8-10-16)14(2)3)26-22-28-19(17-11-12-17)27-21(24)29-22/h1,7-10,14,17-18H,11-13H2,2-5H3,(H,25,30)(H3,24,26,27,28,29). The Bertz CT molecular complexity index is 941. The molecule has 0 saturated heterocycles. The fourth-order valence-corrected chi connectivity index (χ4v) is 3.00. The predicted octanol–water partition coefficient (Wildman–Crippen LogP) is 3.38. The average Bonchev–Trinajstić information content (AvgIpc) is 3.56. The van der Waals surface area contributed by atoms with Gasteiger partial charge in [0.2, 0.25) is 17.8 Å². The van der Waals surface area contributed by atoms with E-state index in [-0.39, 0.29) is 17.9 Å². The van der Waals surface area contributed by atoms with Gasteiger partial charge in [-0.25, -0.2) is 0 Å². The summed E-state index contributed by atoms with van der Waals surface area (Å²) in [4.78, 5) is 25.5. The van der Waals surface area contributed by atoms with Crippen molar-refractivity contribution in [2.75, 3.05) is 17.6 Å². The Labute approximate surface area is 178 Å². The molecule has 1 fully saturated rings. The van der Waals surface area contributed by atoms with Gasteiger partial charge in [-0.15, -0.1) is 6.42 Å². The molecule has 3 rings (SSSR count). The number of rotatable bonds is 8. The highest BCUT2D eigenvalue weighted by Crippen LogP contribution is 2.38. The van der Waals surface area contributed by atoms with Crippen LogP contribution in [0, 0.1) is 17.8 Å². The maximum absolute atomic E-state index is 12.5. The van der Waals surface area contributed by atoms with Crippen LogP contribution in [0.1, 0.15) is 75.4 Å². The molecule has 0 bridgehead atoms. The van der Waals surface area contributed by atoms with Crippen LogP contribution in [-0.4, -0.2) is 27.4 Å². The number of hydrogen-bond acceptors (Lipinski definition) is 6. The summed E-state index contributed by atoms with van der Waals surface area (Å²) in [5, 5.41) is 6.27.